The molecule has 2 aromatic heterocycles. The molecule has 0 unspecified atom stereocenters. The lowest BCUT2D eigenvalue weighted by atomic mass is 9.72. The van der Waals surface area contributed by atoms with Gasteiger partial charge in [-0.2, -0.15) is 0 Å². The molecule has 0 fully saturated rings. The summed E-state index contributed by atoms with van der Waals surface area (Å²) < 4.78 is 0. The largest absolute Gasteiger partial charge is 0.388 e. The number of nitrogens with zero attached hydrogens (tertiary/aromatic N) is 2. The Morgan fingerprint density at radius 3 is 1.41 bits per heavy atom. The molecular formula is C17H26N2OS2. The fourth-order valence-electron chi connectivity index (χ4n) is 2.32. The van der Waals surface area contributed by atoms with Gasteiger partial charge in [-0.3, -0.25) is 0 Å². The minimum atomic E-state index is -0.847. The van der Waals surface area contributed by atoms with Crippen LogP contribution in [0.1, 0.15) is 51.9 Å². The van der Waals surface area contributed by atoms with Crippen molar-refractivity contribution in [2.24, 2.45) is 5.41 Å². The Hall–Kier alpha value is -0.780. The highest BCUT2D eigenvalue weighted by Gasteiger charge is 2.41. The predicted molar refractivity (Wildman–Crippen MR) is 95.0 cm³/mol. The summed E-state index contributed by atoms with van der Waals surface area (Å²) in [5.74, 6) is 0. The quantitative estimate of drug-likeness (QED) is 0.899. The van der Waals surface area contributed by atoms with Gasteiger partial charge in [0.1, 0.15) is 0 Å². The first-order chi connectivity index (χ1) is 10.0. The third-order valence-corrected chi connectivity index (χ3v) is 6.57. The van der Waals surface area contributed by atoms with E-state index in [1.165, 1.54) is 9.75 Å². The van der Waals surface area contributed by atoms with Crippen LogP contribution in [-0.4, -0.2) is 20.7 Å². The van der Waals surface area contributed by atoms with Crippen molar-refractivity contribution in [2.45, 2.75) is 66.9 Å². The molecule has 0 bridgehead atoms. The molecule has 0 aliphatic rings. The van der Waals surface area contributed by atoms with Gasteiger partial charge >= 0.3 is 0 Å². The van der Waals surface area contributed by atoms with Crippen LogP contribution in [0.3, 0.4) is 0 Å². The lowest BCUT2D eigenvalue weighted by molar-refractivity contribution is -0.0570. The van der Waals surface area contributed by atoms with Crippen molar-refractivity contribution in [3.63, 3.8) is 0 Å². The van der Waals surface area contributed by atoms with Crippen molar-refractivity contribution in [1.82, 2.24) is 9.97 Å². The second kappa shape index (κ2) is 6.02. The van der Waals surface area contributed by atoms with Crippen LogP contribution in [-0.2, 0) is 12.8 Å². The second-order valence-electron chi connectivity index (χ2n) is 7.13. The third kappa shape index (κ3) is 3.58. The van der Waals surface area contributed by atoms with Crippen molar-refractivity contribution < 1.29 is 5.11 Å². The van der Waals surface area contributed by atoms with Gasteiger partial charge < -0.3 is 5.11 Å². The number of thiazole rings is 2. The number of hydrogen-bond donors (Lipinski definition) is 1. The van der Waals surface area contributed by atoms with Crippen molar-refractivity contribution >= 4 is 22.7 Å². The van der Waals surface area contributed by atoms with Gasteiger partial charge in [-0.25, -0.2) is 9.97 Å². The number of aromatic nitrogens is 2. The van der Waals surface area contributed by atoms with Gasteiger partial charge in [0.15, 0.2) is 0 Å². The predicted octanol–water partition coefficient (Wildman–Crippen LogP) is 4.40. The number of hydrogen-bond acceptors (Lipinski definition) is 5. The Morgan fingerprint density at radius 2 is 1.18 bits per heavy atom. The van der Waals surface area contributed by atoms with Crippen LogP contribution in [0.2, 0.25) is 0 Å². The van der Waals surface area contributed by atoms with Crippen molar-refractivity contribution in [1.29, 1.82) is 0 Å². The average molecular weight is 339 g/mol. The van der Waals surface area contributed by atoms with Crippen LogP contribution < -0.4 is 0 Å². The molecule has 2 aromatic rings. The van der Waals surface area contributed by atoms with Crippen molar-refractivity contribution in [3.05, 3.63) is 31.2 Å². The van der Waals surface area contributed by atoms with E-state index in [2.05, 4.69) is 44.6 Å². The molecule has 3 nitrogen and oxygen atoms in total. The van der Waals surface area contributed by atoms with E-state index in [0.29, 0.717) is 12.8 Å². The maximum absolute atomic E-state index is 11.4. The zero-order valence-corrected chi connectivity index (χ0v) is 16.2. The number of aryl methyl sites for hydroxylation is 4. The van der Waals surface area contributed by atoms with E-state index in [1.807, 2.05) is 13.8 Å². The molecule has 0 saturated carbocycles. The topological polar surface area (TPSA) is 46.0 Å². The summed E-state index contributed by atoms with van der Waals surface area (Å²) >= 11 is 3.38. The Labute approximate surface area is 141 Å². The van der Waals surface area contributed by atoms with E-state index in [1.54, 1.807) is 22.7 Å². The summed E-state index contributed by atoms with van der Waals surface area (Å²) in [6, 6.07) is 0. The zero-order valence-electron chi connectivity index (χ0n) is 14.6. The Balaban J connectivity index is 2.31. The van der Waals surface area contributed by atoms with Gasteiger partial charge in [0, 0.05) is 22.6 Å². The molecular weight excluding hydrogens is 312 g/mol. The molecule has 5 heteroatoms. The van der Waals surface area contributed by atoms with Crippen LogP contribution in [0, 0.1) is 33.1 Å². The SMILES string of the molecule is Cc1nc(CC(O)(Cc2nc(C)c(C)s2)C(C)(C)C)sc1C. The molecule has 22 heavy (non-hydrogen) atoms. The fraction of sp³-hybridized carbons (Fsp3) is 0.647. The first-order valence-electron chi connectivity index (χ1n) is 7.60. The molecule has 122 valence electrons. The monoisotopic (exact) mass is 338 g/mol. The molecule has 0 aliphatic heterocycles. The highest BCUT2D eigenvalue weighted by atomic mass is 32.1. The van der Waals surface area contributed by atoms with Crippen molar-refractivity contribution in [3.8, 4) is 0 Å². The van der Waals surface area contributed by atoms with Gasteiger partial charge in [-0.05, 0) is 33.1 Å². The number of aliphatic hydroxyl groups is 1. The minimum absolute atomic E-state index is 0.242. The Kier molecular flexibility index (Phi) is 4.81. The lowest BCUT2D eigenvalue weighted by Crippen LogP contribution is -2.46. The summed E-state index contributed by atoms with van der Waals surface area (Å²) in [5, 5.41) is 13.4. The highest BCUT2D eigenvalue weighted by molar-refractivity contribution is 7.12. The maximum Gasteiger partial charge on any atom is 0.0959 e. The fourth-order valence-corrected chi connectivity index (χ4v) is 4.40. The van der Waals surface area contributed by atoms with E-state index < -0.39 is 5.60 Å². The standard InChI is InChI=1S/C17H26N2OS2/c1-10-12(3)21-14(18-10)8-17(20,16(5,6)7)9-15-19-11(2)13(4)22-15/h20H,8-9H2,1-7H3. The average Bonchev–Trinajstić information content (AvgIpc) is 2.81. The Morgan fingerprint density at radius 1 is 0.818 bits per heavy atom. The molecule has 0 saturated heterocycles. The summed E-state index contributed by atoms with van der Waals surface area (Å²) in [5.41, 5.74) is 1.04. The molecule has 0 radical (unpaired) electrons. The first-order valence-corrected chi connectivity index (χ1v) is 9.23. The first kappa shape index (κ1) is 17.6. The molecule has 0 aromatic carbocycles. The smallest absolute Gasteiger partial charge is 0.0959 e. The van der Waals surface area contributed by atoms with Crippen LogP contribution in [0.4, 0.5) is 0 Å². The zero-order chi connectivity index (χ0) is 16.7. The molecule has 2 heterocycles. The molecule has 0 aliphatic carbocycles. The lowest BCUT2D eigenvalue weighted by Gasteiger charge is -2.39. The van der Waals surface area contributed by atoms with Gasteiger partial charge in [0.25, 0.3) is 0 Å². The van der Waals surface area contributed by atoms with Gasteiger partial charge in [0.2, 0.25) is 0 Å². The normalized spacial score (nSPS) is 12.9. The molecule has 0 amide bonds. The summed E-state index contributed by atoms with van der Waals surface area (Å²) in [7, 11) is 0. The van der Waals surface area contributed by atoms with Crippen LogP contribution in [0.15, 0.2) is 0 Å². The van der Waals surface area contributed by atoms with E-state index in [0.717, 1.165) is 21.4 Å². The minimum Gasteiger partial charge on any atom is -0.388 e. The third-order valence-electron chi connectivity index (χ3n) is 4.43. The molecule has 0 spiro atoms. The maximum atomic E-state index is 11.4. The van der Waals surface area contributed by atoms with Crippen molar-refractivity contribution in [2.75, 3.05) is 0 Å². The van der Waals surface area contributed by atoms with Gasteiger partial charge in [-0.15, -0.1) is 22.7 Å². The van der Waals surface area contributed by atoms with E-state index in [-0.39, 0.29) is 5.41 Å². The van der Waals surface area contributed by atoms with E-state index in [9.17, 15) is 5.11 Å². The summed E-state index contributed by atoms with van der Waals surface area (Å²) in [4.78, 5) is 11.7. The van der Waals surface area contributed by atoms with E-state index in [4.69, 9.17) is 0 Å². The number of rotatable bonds is 4. The van der Waals surface area contributed by atoms with Crippen LogP contribution in [0.25, 0.3) is 0 Å². The summed E-state index contributed by atoms with van der Waals surface area (Å²) in [6.45, 7) is 14.5. The molecule has 1 N–H and O–H groups in total. The second-order valence-corrected chi connectivity index (χ2v) is 9.71. The van der Waals surface area contributed by atoms with Crippen LogP contribution in [0.5, 0.6) is 0 Å². The van der Waals surface area contributed by atoms with Gasteiger partial charge in [-0.1, -0.05) is 20.8 Å². The molecule has 0 atom stereocenters. The van der Waals surface area contributed by atoms with Gasteiger partial charge in [0.05, 0.1) is 27.0 Å². The summed E-state index contributed by atoms with van der Waals surface area (Å²) in [6.07, 6.45) is 1.15. The highest BCUT2D eigenvalue weighted by Crippen LogP contribution is 2.38. The Bertz CT molecular complexity index is 577. The molecule has 2 rings (SSSR count). The van der Waals surface area contributed by atoms with Crippen LogP contribution >= 0.6 is 22.7 Å². The van der Waals surface area contributed by atoms with E-state index >= 15 is 0 Å².